The lowest BCUT2D eigenvalue weighted by Gasteiger charge is -2.28. The molecular formula is C7H8F5N. The van der Waals surface area contributed by atoms with Crippen molar-refractivity contribution in [2.45, 2.75) is 24.6 Å². The molecule has 0 spiro atoms. The second kappa shape index (κ2) is 3.61. The zero-order chi connectivity index (χ0) is 10.2. The van der Waals surface area contributed by atoms with Gasteiger partial charge in [0.25, 0.3) is 0 Å². The third-order valence-corrected chi connectivity index (χ3v) is 1.96. The molecule has 0 amide bonds. The van der Waals surface area contributed by atoms with Crippen LogP contribution in [0.1, 0.15) is 0 Å². The summed E-state index contributed by atoms with van der Waals surface area (Å²) in [4.78, 5) is 0. The van der Waals surface area contributed by atoms with Crippen LogP contribution >= 0.6 is 0 Å². The van der Waals surface area contributed by atoms with Crippen molar-refractivity contribution < 1.29 is 22.0 Å². The van der Waals surface area contributed by atoms with Gasteiger partial charge in [0.15, 0.2) is 30.2 Å². The molecule has 1 aliphatic carbocycles. The zero-order valence-corrected chi connectivity index (χ0v) is 6.70. The molecule has 0 saturated heterocycles. The first kappa shape index (κ1) is 10.4. The minimum Gasteiger partial charge on any atom is -0.308 e. The maximum atomic E-state index is 12.8. The monoisotopic (exact) mass is 201 g/mol. The first-order valence-corrected chi connectivity index (χ1v) is 3.65. The van der Waals surface area contributed by atoms with Gasteiger partial charge in [-0.3, -0.25) is 0 Å². The van der Waals surface area contributed by atoms with Gasteiger partial charge in [-0.15, -0.1) is 0 Å². The summed E-state index contributed by atoms with van der Waals surface area (Å²) in [5, 5.41) is 2.03. The predicted octanol–water partition coefficient (Wildman–Crippen LogP) is 1.75. The van der Waals surface area contributed by atoms with Gasteiger partial charge >= 0.3 is 0 Å². The number of alkyl halides is 3. The average Bonchev–Trinajstić information content (AvgIpc) is 2.13. The fourth-order valence-corrected chi connectivity index (χ4v) is 1.19. The Kier molecular flexibility index (Phi) is 2.90. The Morgan fingerprint density at radius 3 is 2.00 bits per heavy atom. The van der Waals surface area contributed by atoms with E-state index in [2.05, 4.69) is 0 Å². The van der Waals surface area contributed by atoms with Crippen molar-refractivity contribution in [3.63, 3.8) is 0 Å². The molecule has 0 bridgehead atoms. The van der Waals surface area contributed by atoms with Crippen LogP contribution in [0.25, 0.3) is 0 Å². The first-order valence-electron chi connectivity index (χ1n) is 3.65. The largest absolute Gasteiger partial charge is 0.308 e. The van der Waals surface area contributed by atoms with Crippen molar-refractivity contribution in [1.29, 1.82) is 0 Å². The van der Waals surface area contributed by atoms with Crippen LogP contribution < -0.4 is 5.32 Å². The molecule has 0 aromatic rings. The lowest BCUT2D eigenvalue weighted by molar-refractivity contribution is 0.0482. The maximum Gasteiger partial charge on any atom is 0.188 e. The summed E-state index contributed by atoms with van der Waals surface area (Å²) in [7, 11) is 1.13. The highest BCUT2D eigenvalue weighted by atomic mass is 19.2. The molecule has 1 N–H and O–H groups in total. The molecule has 1 nitrogen and oxygen atoms in total. The standard InChI is InChI=1S/C7H8F5N/c1-13-7-5(11)3(9)2(8)4(10)6(7)12/h2-3,5,7,13H,1H3. The van der Waals surface area contributed by atoms with Crippen LogP contribution in [0.4, 0.5) is 22.0 Å². The van der Waals surface area contributed by atoms with Crippen LogP contribution in [0.2, 0.25) is 0 Å². The lowest BCUT2D eigenvalue weighted by atomic mass is 9.95. The second-order valence-corrected chi connectivity index (χ2v) is 2.75. The average molecular weight is 201 g/mol. The molecule has 4 atom stereocenters. The van der Waals surface area contributed by atoms with Gasteiger partial charge in [0.1, 0.15) is 0 Å². The highest BCUT2D eigenvalue weighted by Gasteiger charge is 2.46. The molecule has 0 aliphatic heterocycles. The molecule has 76 valence electrons. The molecular weight excluding hydrogens is 193 g/mol. The third-order valence-electron chi connectivity index (χ3n) is 1.96. The minimum absolute atomic E-state index is 1.13. The van der Waals surface area contributed by atoms with E-state index in [1.54, 1.807) is 0 Å². The van der Waals surface area contributed by atoms with Crippen LogP contribution in [-0.4, -0.2) is 31.6 Å². The lowest BCUT2D eigenvalue weighted by Crippen LogP contribution is -2.48. The van der Waals surface area contributed by atoms with Crippen molar-refractivity contribution in [2.75, 3.05) is 7.05 Å². The summed E-state index contributed by atoms with van der Waals surface area (Å²) >= 11 is 0. The Morgan fingerprint density at radius 2 is 1.54 bits per heavy atom. The molecule has 1 rings (SSSR count). The molecule has 0 aromatic heterocycles. The Balaban J connectivity index is 3.01. The quantitative estimate of drug-likeness (QED) is 0.637. The van der Waals surface area contributed by atoms with Gasteiger partial charge in [-0.05, 0) is 7.05 Å². The SMILES string of the molecule is CNC1C(F)=C(F)C(F)C(F)C1F. The number of likely N-dealkylation sites (N-methyl/N-ethyl adjacent to an activating group) is 1. The van der Waals surface area contributed by atoms with E-state index >= 15 is 0 Å². The summed E-state index contributed by atoms with van der Waals surface area (Å²) < 4.78 is 63.1. The molecule has 0 fully saturated rings. The van der Waals surface area contributed by atoms with Crippen molar-refractivity contribution in [3.05, 3.63) is 11.7 Å². The van der Waals surface area contributed by atoms with Crippen molar-refractivity contribution in [3.8, 4) is 0 Å². The van der Waals surface area contributed by atoms with Gasteiger partial charge in [-0.25, -0.2) is 22.0 Å². The number of hydrogen-bond acceptors (Lipinski definition) is 1. The number of hydrogen-bond donors (Lipinski definition) is 1. The molecule has 13 heavy (non-hydrogen) atoms. The van der Waals surface area contributed by atoms with Gasteiger partial charge < -0.3 is 5.32 Å². The fraction of sp³-hybridized carbons (Fsp3) is 0.714. The van der Waals surface area contributed by atoms with E-state index in [-0.39, 0.29) is 0 Å². The highest BCUT2D eigenvalue weighted by molar-refractivity contribution is 5.21. The van der Waals surface area contributed by atoms with Crippen molar-refractivity contribution in [2.24, 2.45) is 0 Å². The van der Waals surface area contributed by atoms with E-state index < -0.39 is 36.2 Å². The summed E-state index contributed by atoms with van der Waals surface area (Å²) in [6.45, 7) is 0. The smallest absolute Gasteiger partial charge is 0.188 e. The normalized spacial score (nSPS) is 41.1. The fourth-order valence-electron chi connectivity index (χ4n) is 1.19. The molecule has 0 heterocycles. The molecule has 6 heteroatoms. The Hall–Kier alpha value is -0.650. The van der Waals surface area contributed by atoms with E-state index in [0.29, 0.717) is 0 Å². The maximum absolute atomic E-state index is 12.8. The van der Waals surface area contributed by atoms with E-state index in [0.717, 1.165) is 7.05 Å². The van der Waals surface area contributed by atoms with E-state index in [4.69, 9.17) is 0 Å². The summed E-state index contributed by atoms with van der Waals surface area (Å²) in [5.41, 5.74) is 0. The van der Waals surface area contributed by atoms with Crippen LogP contribution in [0.5, 0.6) is 0 Å². The van der Waals surface area contributed by atoms with Crippen molar-refractivity contribution >= 4 is 0 Å². The highest BCUT2D eigenvalue weighted by Crippen LogP contribution is 2.33. The number of nitrogens with one attached hydrogen (secondary N) is 1. The summed E-state index contributed by atoms with van der Waals surface area (Å²) in [6.07, 6.45) is -7.89. The molecule has 0 saturated carbocycles. The molecule has 0 radical (unpaired) electrons. The van der Waals surface area contributed by atoms with Gasteiger partial charge in [0.2, 0.25) is 0 Å². The van der Waals surface area contributed by atoms with E-state index in [1.807, 2.05) is 5.32 Å². The predicted molar refractivity (Wildman–Crippen MR) is 36.8 cm³/mol. The summed E-state index contributed by atoms with van der Waals surface area (Å²) in [5.74, 6) is -3.46. The topological polar surface area (TPSA) is 12.0 Å². The number of rotatable bonds is 1. The van der Waals surface area contributed by atoms with Crippen LogP contribution in [0.3, 0.4) is 0 Å². The van der Waals surface area contributed by atoms with Gasteiger partial charge in [-0.2, -0.15) is 0 Å². The molecule has 4 unspecified atom stereocenters. The van der Waals surface area contributed by atoms with Gasteiger partial charge in [0.05, 0.1) is 6.04 Å². The van der Waals surface area contributed by atoms with Crippen LogP contribution in [-0.2, 0) is 0 Å². The van der Waals surface area contributed by atoms with Gasteiger partial charge in [0, 0.05) is 0 Å². The minimum atomic E-state index is -2.83. The third kappa shape index (κ3) is 1.54. The number of halogens is 5. The molecule has 1 aliphatic rings. The molecule has 0 aromatic carbocycles. The number of allylic oxidation sites excluding steroid dienone is 1. The first-order chi connectivity index (χ1) is 6.00. The Bertz CT molecular complexity index is 229. The Morgan fingerprint density at radius 1 is 1.00 bits per heavy atom. The van der Waals surface area contributed by atoms with Crippen LogP contribution in [0, 0.1) is 0 Å². The Labute approximate surface area is 71.6 Å². The van der Waals surface area contributed by atoms with Crippen LogP contribution in [0.15, 0.2) is 11.7 Å². The van der Waals surface area contributed by atoms with E-state index in [9.17, 15) is 22.0 Å². The van der Waals surface area contributed by atoms with Gasteiger partial charge in [-0.1, -0.05) is 0 Å². The second-order valence-electron chi connectivity index (χ2n) is 2.75. The summed E-state index contributed by atoms with van der Waals surface area (Å²) in [6, 6.07) is -1.73. The zero-order valence-electron chi connectivity index (χ0n) is 6.70. The van der Waals surface area contributed by atoms with Crippen molar-refractivity contribution in [1.82, 2.24) is 5.32 Å². The van der Waals surface area contributed by atoms with E-state index in [1.165, 1.54) is 0 Å².